The number of halogens is 4. The fourth-order valence-corrected chi connectivity index (χ4v) is 5.93. The van der Waals surface area contributed by atoms with Gasteiger partial charge in [-0.05, 0) is 75.1 Å². The van der Waals surface area contributed by atoms with Gasteiger partial charge in [0.15, 0.2) is 0 Å². The van der Waals surface area contributed by atoms with E-state index in [1.54, 1.807) is 98.3 Å². The molecule has 4 aromatic carbocycles. The third kappa shape index (κ3) is 12.7. The maximum absolute atomic E-state index is 14.1. The van der Waals surface area contributed by atoms with Gasteiger partial charge in [0.1, 0.15) is 11.5 Å². The van der Waals surface area contributed by atoms with E-state index in [0.29, 0.717) is 23.1 Å². The summed E-state index contributed by atoms with van der Waals surface area (Å²) in [6.07, 6.45) is 6.48. The summed E-state index contributed by atoms with van der Waals surface area (Å²) >= 11 is 0. The molecule has 0 unspecified atom stereocenters. The maximum atomic E-state index is 14.1. The number of aromatic nitrogens is 8. The Bertz CT molecular complexity index is 2550. The number of aromatic hydroxyl groups is 2. The molecular weight excluding hydrogens is 1160 g/mol. The molecule has 10 nitrogen and oxygen atoms in total. The smallest absolute Gasteiger partial charge is 0.115 e. The van der Waals surface area contributed by atoms with Gasteiger partial charge in [-0.3, -0.25) is 36.9 Å². The number of aryl methyl sites for hydroxylation is 6. The van der Waals surface area contributed by atoms with Crippen molar-refractivity contribution < 1.29 is 69.9 Å². The van der Waals surface area contributed by atoms with Crippen molar-refractivity contribution in [1.29, 1.82) is 0 Å². The zero-order chi connectivity index (χ0) is 43.9. The largest absolute Gasteiger partial charge is 0.508 e. The quantitative estimate of drug-likeness (QED) is 0.134. The molecule has 332 valence electrons. The molecule has 2 N–H and O–H groups in total. The molecule has 8 rings (SSSR count). The fourth-order valence-electron chi connectivity index (χ4n) is 5.93. The Hall–Kier alpha value is -5.58. The maximum Gasteiger partial charge on any atom is 0.115 e. The molecule has 8 aromatic rings. The summed E-state index contributed by atoms with van der Waals surface area (Å²) in [5.74, 6) is -1.40. The van der Waals surface area contributed by atoms with Crippen molar-refractivity contribution >= 4 is 0 Å². The Balaban J connectivity index is 0.000000234. The van der Waals surface area contributed by atoms with Crippen LogP contribution in [-0.4, -0.2) is 48.9 Å². The minimum atomic E-state index is -0.711. The molecule has 0 radical (unpaired) electrons. The van der Waals surface area contributed by atoms with Crippen LogP contribution in [0.3, 0.4) is 0 Å². The van der Waals surface area contributed by atoms with E-state index in [1.807, 2.05) is 44.2 Å². The molecule has 0 aliphatic heterocycles. The molecule has 0 spiro atoms. The predicted molar refractivity (Wildman–Crippen MR) is 223 cm³/mol. The van der Waals surface area contributed by atoms with E-state index < -0.39 is 23.3 Å². The van der Waals surface area contributed by atoms with Crippen LogP contribution in [0.1, 0.15) is 49.1 Å². The molecule has 0 atom stereocenters. The summed E-state index contributed by atoms with van der Waals surface area (Å²) in [5.41, 5.74) is 4.83. The van der Waals surface area contributed by atoms with Gasteiger partial charge in [-0.15, -0.1) is 12.1 Å². The minimum Gasteiger partial charge on any atom is -0.508 e. The zero-order valence-corrected chi connectivity index (χ0v) is 40.0. The van der Waals surface area contributed by atoms with E-state index in [0.717, 1.165) is 34.9 Å². The number of nitrogens with zero attached hydrogens (tertiary/aromatic N) is 8. The molecule has 62 heavy (non-hydrogen) atoms. The van der Waals surface area contributed by atoms with E-state index in [2.05, 4.69) is 53.1 Å². The number of imidazole rings is 2. The van der Waals surface area contributed by atoms with Crippen molar-refractivity contribution in [1.82, 2.24) is 38.7 Å². The molecule has 16 heteroatoms. The number of rotatable bonds is 4. The summed E-state index contributed by atoms with van der Waals surface area (Å²) in [4.78, 5) is 8.16. The van der Waals surface area contributed by atoms with Crippen LogP contribution in [0.15, 0.2) is 104 Å². The molecule has 4 heterocycles. The van der Waals surface area contributed by atoms with Gasteiger partial charge in [0, 0.05) is 115 Å². The third-order valence-corrected chi connectivity index (χ3v) is 8.95. The number of phenolic OH excluding ortho intramolecular Hbond substituents is 2. The number of hydrogen-bond donors (Lipinski definition) is 2. The first-order chi connectivity index (χ1) is 28.3. The normalized spacial score (nSPS) is 10.5. The topological polar surface area (TPSA) is 112 Å². The van der Waals surface area contributed by atoms with Gasteiger partial charge in [0.2, 0.25) is 0 Å². The first-order valence-electron chi connectivity index (χ1n) is 18.7. The molecule has 0 bridgehead atoms. The van der Waals surface area contributed by atoms with Crippen LogP contribution in [0, 0.1) is 63.1 Å². The average Bonchev–Trinajstić information content (AvgIpc) is 3.97. The number of benzene rings is 4. The summed E-state index contributed by atoms with van der Waals surface area (Å²) in [6.45, 7) is 13.7. The molecule has 0 amide bonds. The first-order valence-corrected chi connectivity index (χ1v) is 18.7. The van der Waals surface area contributed by atoms with Gasteiger partial charge >= 0.3 is 0 Å². The van der Waals surface area contributed by atoms with E-state index in [1.165, 1.54) is 14.9 Å². The van der Waals surface area contributed by atoms with Gasteiger partial charge < -0.3 is 19.3 Å². The Morgan fingerprint density at radius 1 is 0.548 bits per heavy atom. The molecule has 0 fully saturated rings. The average molecular weight is 1210 g/mol. The van der Waals surface area contributed by atoms with Crippen molar-refractivity contribution in [3.63, 3.8) is 0 Å². The number of phenols is 2. The molecule has 0 saturated heterocycles. The zero-order valence-electron chi connectivity index (χ0n) is 35.4. The van der Waals surface area contributed by atoms with Crippen LogP contribution in [0.2, 0.25) is 0 Å². The summed E-state index contributed by atoms with van der Waals surface area (Å²) in [7, 11) is 3.48. The Morgan fingerprint density at radius 2 is 0.935 bits per heavy atom. The number of para-hydroxylation sites is 1. The molecule has 0 aliphatic carbocycles. The summed E-state index contributed by atoms with van der Waals surface area (Å²) in [5, 5.41) is 26.1. The van der Waals surface area contributed by atoms with Gasteiger partial charge in [-0.2, -0.15) is 10.2 Å². The summed E-state index contributed by atoms with van der Waals surface area (Å²) < 4.78 is 62.4. The molecule has 4 aromatic heterocycles. The molecular formula is C46H46F4N8O2Pt2-2. The van der Waals surface area contributed by atoms with Crippen molar-refractivity contribution in [2.75, 3.05) is 0 Å². The Kier molecular flexibility index (Phi) is 18.0. The Morgan fingerprint density at radius 3 is 1.23 bits per heavy atom. The second-order valence-corrected chi connectivity index (χ2v) is 14.9. The predicted octanol–water partition coefficient (Wildman–Crippen LogP) is 10.0. The Labute approximate surface area is 387 Å². The second kappa shape index (κ2) is 22.0. The van der Waals surface area contributed by atoms with Gasteiger partial charge in [-0.1, -0.05) is 74.4 Å². The van der Waals surface area contributed by atoms with Gasteiger partial charge in [0.25, 0.3) is 0 Å². The van der Waals surface area contributed by atoms with E-state index in [9.17, 15) is 17.6 Å². The SMILES string of the molecule is CC(C)(C)c1ccc(O)cc1.Cc1cc(C)n(-c2[c-]c(-c3nccn3C)c(F)cc2F)n1.Cc1cc(C)n(-c2[c-]c(-c3nccn3C)c(F)cc2F)n1.Oc1ccccc1.[Pt].[Pt]. The third-order valence-electron chi connectivity index (χ3n) is 8.95. The summed E-state index contributed by atoms with van der Waals surface area (Å²) in [6, 6.07) is 26.9. The fraction of sp³-hybridized carbons (Fsp3) is 0.217. The van der Waals surface area contributed by atoms with Crippen LogP contribution in [0.5, 0.6) is 11.5 Å². The van der Waals surface area contributed by atoms with Gasteiger partial charge in [0.05, 0.1) is 34.7 Å². The van der Waals surface area contributed by atoms with Gasteiger partial charge in [-0.25, -0.2) is 0 Å². The standard InChI is InChI=1S/2C15H13F2N4.C10H14O.C6H6O.2Pt/c2*1-9-6-10(2)21(19-9)14-7-11(12(16)8-13(14)17)15-18-4-5-20(15)3;1-10(2,3)8-4-6-9(11)7-5-8;7-6-4-2-1-3-5-6;;/h2*4-6,8H,1-3H3;4-7,11H,1-3H3;1-5,7H;;/q2*-1;;;;. The van der Waals surface area contributed by atoms with E-state index in [-0.39, 0.29) is 70.0 Å². The van der Waals surface area contributed by atoms with Crippen molar-refractivity contribution in [2.24, 2.45) is 14.1 Å². The second-order valence-electron chi connectivity index (χ2n) is 14.9. The molecule has 0 aliphatic rings. The van der Waals surface area contributed by atoms with Crippen LogP contribution >= 0.6 is 0 Å². The van der Waals surface area contributed by atoms with Crippen molar-refractivity contribution in [3.05, 3.63) is 167 Å². The van der Waals surface area contributed by atoms with Crippen LogP contribution in [0.4, 0.5) is 17.6 Å². The minimum absolute atomic E-state index is 0. The van der Waals surface area contributed by atoms with Crippen LogP contribution < -0.4 is 0 Å². The van der Waals surface area contributed by atoms with E-state index >= 15 is 0 Å². The van der Waals surface area contributed by atoms with E-state index in [4.69, 9.17) is 10.2 Å². The number of hydrogen-bond acceptors (Lipinski definition) is 6. The molecule has 0 saturated carbocycles. The first kappa shape index (κ1) is 50.8. The van der Waals surface area contributed by atoms with Crippen molar-refractivity contribution in [3.8, 4) is 45.6 Å². The van der Waals surface area contributed by atoms with Crippen LogP contribution in [0.25, 0.3) is 34.2 Å². The monoisotopic (exact) mass is 1210 g/mol. The van der Waals surface area contributed by atoms with Crippen molar-refractivity contribution in [2.45, 2.75) is 53.9 Å². The van der Waals surface area contributed by atoms with Crippen LogP contribution in [-0.2, 0) is 61.6 Å².